The Morgan fingerprint density at radius 3 is 2.68 bits per heavy atom. The second-order valence-electron chi connectivity index (χ2n) is 9.65. The standard InChI is InChI=1S/C27H37N5O2/c33-27-28-14-6-9-22-12-13-25(29-26(22)30-27)34-20-4-3-15-31-16-18-32(19-17-31)24-11-5-8-21-7-1-2-10-23(21)24/h5,8,11-13H,1-4,6-7,9-10,14-20H2,(H2,28,29,30,33). The van der Waals surface area contributed by atoms with Crippen molar-refractivity contribution in [2.45, 2.75) is 51.4 Å². The Hall–Kier alpha value is -2.80. The molecule has 0 bridgehead atoms. The molecule has 182 valence electrons. The SMILES string of the molecule is O=C1NCCCc2ccc(OCCCCN3CCN(c4cccc5c4CCCC5)CC3)nc2N1. The van der Waals surface area contributed by atoms with Gasteiger partial charge < -0.3 is 15.0 Å². The Morgan fingerprint density at radius 2 is 1.76 bits per heavy atom. The molecule has 7 heteroatoms. The third-order valence-corrected chi connectivity index (χ3v) is 7.30. The van der Waals surface area contributed by atoms with Gasteiger partial charge in [0, 0.05) is 44.5 Å². The highest BCUT2D eigenvalue weighted by molar-refractivity contribution is 5.89. The van der Waals surface area contributed by atoms with Crippen molar-refractivity contribution in [2.24, 2.45) is 0 Å². The highest BCUT2D eigenvalue weighted by Gasteiger charge is 2.21. The van der Waals surface area contributed by atoms with Crippen molar-refractivity contribution >= 4 is 17.5 Å². The van der Waals surface area contributed by atoms with Gasteiger partial charge in [-0.05, 0) is 86.7 Å². The Kier molecular flexibility index (Phi) is 7.49. The Bertz CT molecular complexity index is 987. The maximum atomic E-state index is 11.8. The molecule has 0 saturated carbocycles. The lowest BCUT2D eigenvalue weighted by atomic mass is 9.90. The molecule has 0 unspecified atom stereocenters. The van der Waals surface area contributed by atoms with Crippen LogP contribution in [-0.4, -0.2) is 61.8 Å². The minimum atomic E-state index is -0.196. The number of hydrogen-bond acceptors (Lipinski definition) is 5. The van der Waals surface area contributed by atoms with Crippen LogP contribution in [0, 0.1) is 0 Å². The molecule has 2 amide bonds. The second kappa shape index (κ2) is 11.1. The Morgan fingerprint density at radius 1 is 0.912 bits per heavy atom. The van der Waals surface area contributed by atoms with Crippen molar-refractivity contribution in [2.75, 3.05) is 56.1 Å². The van der Waals surface area contributed by atoms with E-state index in [9.17, 15) is 4.79 Å². The average molecular weight is 464 g/mol. The van der Waals surface area contributed by atoms with E-state index in [1.807, 2.05) is 12.1 Å². The molecular formula is C27H37N5O2. The van der Waals surface area contributed by atoms with Crippen LogP contribution >= 0.6 is 0 Å². The van der Waals surface area contributed by atoms with Crippen molar-refractivity contribution < 1.29 is 9.53 Å². The number of hydrogen-bond donors (Lipinski definition) is 2. The first kappa shape index (κ1) is 23.0. The van der Waals surface area contributed by atoms with Crippen LogP contribution in [0.5, 0.6) is 5.88 Å². The molecule has 1 aromatic heterocycles. The summed E-state index contributed by atoms with van der Waals surface area (Å²) >= 11 is 0. The zero-order chi connectivity index (χ0) is 23.2. The molecule has 3 aliphatic rings. The molecule has 7 nitrogen and oxygen atoms in total. The molecule has 2 N–H and O–H groups in total. The maximum absolute atomic E-state index is 11.8. The van der Waals surface area contributed by atoms with Crippen LogP contribution in [-0.2, 0) is 19.3 Å². The quantitative estimate of drug-likeness (QED) is 0.607. The molecule has 0 atom stereocenters. The van der Waals surface area contributed by atoms with Gasteiger partial charge in [-0.15, -0.1) is 0 Å². The first-order valence-corrected chi connectivity index (χ1v) is 13.0. The monoisotopic (exact) mass is 463 g/mol. The van der Waals surface area contributed by atoms with Crippen LogP contribution < -0.4 is 20.3 Å². The van der Waals surface area contributed by atoms with Crippen LogP contribution in [0.15, 0.2) is 30.3 Å². The number of carbonyl (C=O) groups is 1. The van der Waals surface area contributed by atoms with E-state index in [-0.39, 0.29) is 6.03 Å². The molecule has 3 heterocycles. The molecule has 0 radical (unpaired) electrons. The number of urea groups is 1. The highest BCUT2D eigenvalue weighted by atomic mass is 16.5. The van der Waals surface area contributed by atoms with E-state index < -0.39 is 0 Å². The fourth-order valence-corrected chi connectivity index (χ4v) is 5.38. The third-order valence-electron chi connectivity index (χ3n) is 7.30. The summed E-state index contributed by atoms with van der Waals surface area (Å²) in [4.78, 5) is 21.5. The predicted molar refractivity (Wildman–Crippen MR) is 136 cm³/mol. The van der Waals surface area contributed by atoms with E-state index in [0.717, 1.165) is 64.0 Å². The maximum Gasteiger partial charge on any atom is 0.320 e. The van der Waals surface area contributed by atoms with Gasteiger partial charge in [0.05, 0.1) is 6.61 Å². The number of pyridine rings is 1. The van der Waals surface area contributed by atoms with Gasteiger partial charge in [0.25, 0.3) is 0 Å². The third kappa shape index (κ3) is 5.63. The van der Waals surface area contributed by atoms with E-state index in [4.69, 9.17) is 4.74 Å². The molecule has 2 aromatic rings. The summed E-state index contributed by atoms with van der Waals surface area (Å²) in [7, 11) is 0. The van der Waals surface area contributed by atoms with Crippen LogP contribution in [0.2, 0.25) is 0 Å². The molecule has 1 saturated heterocycles. The van der Waals surface area contributed by atoms with E-state index in [1.54, 1.807) is 11.1 Å². The number of aryl methyl sites for hydroxylation is 2. The lowest BCUT2D eigenvalue weighted by molar-refractivity contribution is 0.236. The summed E-state index contributed by atoms with van der Waals surface area (Å²) in [6.07, 6.45) is 9.10. The number of nitrogens with zero attached hydrogens (tertiary/aromatic N) is 3. The molecule has 1 fully saturated rings. The van der Waals surface area contributed by atoms with E-state index in [2.05, 4.69) is 43.6 Å². The van der Waals surface area contributed by atoms with Gasteiger partial charge in [-0.1, -0.05) is 12.1 Å². The van der Waals surface area contributed by atoms with Crippen molar-refractivity contribution in [3.63, 3.8) is 0 Å². The van der Waals surface area contributed by atoms with Crippen LogP contribution in [0.4, 0.5) is 16.3 Å². The smallest absolute Gasteiger partial charge is 0.320 e. The number of amides is 2. The number of anilines is 2. The summed E-state index contributed by atoms with van der Waals surface area (Å²) in [5.41, 5.74) is 5.74. The Labute approximate surface area is 202 Å². The van der Waals surface area contributed by atoms with Gasteiger partial charge in [-0.25, -0.2) is 4.79 Å². The number of nitrogens with one attached hydrogen (secondary N) is 2. The van der Waals surface area contributed by atoms with Gasteiger partial charge >= 0.3 is 6.03 Å². The van der Waals surface area contributed by atoms with Gasteiger partial charge in [0.2, 0.25) is 5.88 Å². The number of ether oxygens (including phenoxy) is 1. The fourth-order valence-electron chi connectivity index (χ4n) is 5.38. The van der Waals surface area contributed by atoms with Gasteiger partial charge in [0.15, 0.2) is 0 Å². The average Bonchev–Trinajstić information content (AvgIpc) is 2.86. The van der Waals surface area contributed by atoms with Crippen molar-refractivity contribution in [1.82, 2.24) is 15.2 Å². The van der Waals surface area contributed by atoms with Gasteiger partial charge in [-0.2, -0.15) is 4.98 Å². The minimum absolute atomic E-state index is 0.196. The first-order valence-electron chi connectivity index (χ1n) is 13.0. The molecular weight excluding hydrogens is 426 g/mol. The molecule has 1 aliphatic carbocycles. The van der Waals surface area contributed by atoms with Crippen LogP contribution in [0.25, 0.3) is 0 Å². The predicted octanol–water partition coefficient (Wildman–Crippen LogP) is 4.01. The molecule has 1 aromatic carbocycles. The molecule has 5 rings (SSSR count). The number of benzene rings is 1. The van der Waals surface area contributed by atoms with Crippen LogP contribution in [0.1, 0.15) is 48.8 Å². The number of fused-ring (bicyclic) bond motifs is 2. The summed E-state index contributed by atoms with van der Waals surface area (Å²) in [6, 6.07) is 10.6. The summed E-state index contributed by atoms with van der Waals surface area (Å²) < 4.78 is 5.89. The van der Waals surface area contributed by atoms with Crippen LogP contribution in [0.3, 0.4) is 0 Å². The highest BCUT2D eigenvalue weighted by Crippen LogP contribution is 2.31. The van der Waals surface area contributed by atoms with Crippen molar-refractivity contribution in [3.05, 3.63) is 47.0 Å². The summed E-state index contributed by atoms with van der Waals surface area (Å²) in [6.45, 7) is 6.94. The first-order chi connectivity index (χ1) is 16.8. The van der Waals surface area contributed by atoms with E-state index >= 15 is 0 Å². The molecule has 34 heavy (non-hydrogen) atoms. The summed E-state index contributed by atoms with van der Waals surface area (Å²) in [5, 5.41) is 5.65. The van der Waals surface area contributed by atoms with Crippen molar-refractivity contribution in [1.29, 1.82) is 0 Å². The number of unbranched alkanes of at least 4 members (excludes halogenated alkanes) is 1. The largest absolute Gasteiger partial charge is 0.478 e. The Balaban J connectivity index is 1.03. The van der Waals surface area contributed by atoms with Gasteiger partial charge in [0.1, 0.15) is 5.82 Å². The van der Waals surface area contributed by atoms with E-state index in [1.165, 1.54) is 31.4 Å². The normalized spacial score (nSPS) is 18.7. The lowest BCUT2D eigenvalue weighted by Crippen LogP contribution is -2.47. The van der Waals surface area contributed by atoms with Crippen molar-refractivity contribution in [3.8, 4) is 5.88 Å². The minimum Gasteiger partial charge on any atom is -0.478 e. The molecule has 0 spiro atoms. The number of carbonyl (C=O) groups excluding carboxylic acids is 1. The zero-order valence-corrected chi connectivity index (χ0v) is 20.2. The lowest BCUT2D eigenvalue weighted by Gasteiger charge is -2.38. The summed E-state index contributed by atoms with van der Waals surface area (Å²) in [5.74, 6) is 1.20. The zero-order valence-electron chi connectivity index (χ0n) is 20.2. The van der Waals surface area contributed by atoms with Gasteiger partial charge in [-0.3, -0.25) is 10.2 Å². The number of piperazine rings is 1. The second-order valence-corrected chi connectivity index (χ2v) is 9.65. The topological polar surface area (TPSA) is 69.7 Å². The fraction of sp³-hybridized carbons (Fsp3) is 0.556. The number of rotatable bonds is 7. The van der Waals surface area contributed by atoms with E-state index in [0.29, 0.717) is 24.8 Å². The molecule has 2 aliphatic heterocycles. The number of aromatic nitrogens is 1.